The number of Topliss-reactive ketones (excluding diaryl/α,β-unsaturated/α-hetero) is 1. The van der Waals surface area contributed by atoms with Crippen LogP contribution in [0, 0.1) is 11.3 Å². The molecule has 0 saturated heterocycles. The molecule has 94 valence electrons. The van der Waals surface area contributed by atoms with Gasteiger partial charge in [0.15, 0.2) is 5.78 Å². The quantitative estimate of drug-likeness (QED) is 0.668. The molecule has 1 rings (SSSR count). The fraction of sp³-hybridized carbons (Fsp3) is 0.500. The highest BCUT2D eigenvalue weighted by molar-refractivity contribution is 9.10. The van der Waals surface area contributed by atoms with E-state index in [1.165, 1.54) is 0 Å². The van der Waals surface area contributed by atoms with Crippen molar-refractivity contribution < 1.29 is 4.79 Å². The van der Waals surface area contributed by atoms with E-state index >= 15 is 0 Å². The van der Waals surface area contributed by atoms with Gasteiger partial charge in [-0.3, -0.25) is 4.79 Å². The Hall–Kier alpha value is -0.830. The molecule has 2 N–H and O–H groups in total. The SMILES string of the molecule is CC(CC(=O)c1ccc(N)c(Br)c1)C(C)(C)C. The largest absolute Gasteiger partial charge is 0.398 e. The Balaban J connectivity index is 2.80. The number of benzene rings is 1. The molecule has 1 aromatic rings. The maximum absolute atomic E-state index is 12.1. The predicted molar refractivity (Wildman–Crippen MR) is 76.1 cm³/mol. The molecule has 0 aliphatic heterocycles. The lowest BCUT2D eigenvalue weighted by Gasteiger charge is -2.26. The van der Waals surface area contributed by atoms with Crippen molar-refractivity contribution in [3.8, 4) is 0 Å². The third-order valence-electron chi connectivity index (χ3n) is 3.29. The van der Waals surface area contributed by atoms with E-state index in [-0.39, 0.29) is 11.2 Å². The van der Waals surface area contributed by atoms with Crippen molar-refractivity contribution in [2.45, 2.75) is 34.1 Å². The molecule has 0 bridgehead atoms. The highest BCUT2D eigenvalue weighted by Gasteiger charge is 2.23. The van der Waals surface area contributed by atoms with Crippen molar-refractivity contribution in [3.63, 3.8) is 0 Å². The number of carbonyl (C=O) groups is 1. The molecule has 0 fully saturated rings. The van der Waals surface area contributed by atoms with Crippen LogP contribution in [0.4, 0.5) is 5.69 Å². The van der Waals surface area contributed by atoms with Gasteiger partial charge in [-0.2, -0.15) is 0 Å². The summed E-state index contributed by atoms with van der Waals surface area (Å²) in [6.45, 7) is 8.59. The number of ketones is 1. The van der Waals surface area contributed by atoms with Crippen LogP contribution in [-0.4, -0.2) is 5.78 Å². The van der Waals surface area contributed by atoms with Crippen molar-refractivity contribution in [2.75, 3.05) is 5.73 Å². The van der Waals surface area contributed by atoms with Crippen molar-refractivity contribution in [2.24, 2.45) is 11.3 Å². The highest BCUT2D eigenvalue weighted by atomic mass is 79.9. The first-order chi connectivity index (χ1) is 7.71. The van der Waals surface area contributed by atoms with Crippen LogP contribution in [0.15, 0.2) is 22.7 Å². The molecule has 1 unspecified atom stereocenters. The van der Waals surface area contributed by atoms with Gasteiger partial charge in [-0.15, -0.1) is 0 Å². The van der Waals surface area contributed by atoms with Gasteiger partial charge in [-0.25, -0.2) is 0 Å². The number of nitrogens with two attached hydrogens (primary N) is 1. The number of rotatable bonds is 3. The summed E-state index contributed by atoms with van der Waals surface area (Å²) >= 11 is 3.34. The first-order valence-electron chi connectivity index (χ1n) is 5.80. The Kier molecular flexibility index (Phi) is 4.36. The molecule has 3 heteroatoms. The minimum Gasteiger partial charge on any atom is -0.398 e. The molecular formula is C14H20BrNO. The zero-order valence-corrected chi connectivity index (χ0v) is 12.5. The molecule has 0 amide bonds. The first-order valence-corrected chi connectivity index (χ1v) is 6.59. The van der Waals surface area contributed by atoms with Crippen LogP contribution < -0.4 is 5.73 Å². The van der Waals surface area contributed by atoms with Crippen molar-refractivity contribution in [3.05, 3.63) is 28.2 Å². The van der Waals surface area contributed by atoms with Crippen LogP contribution in [0.25, 0.3) is 0 Å². The smallest absolute Gasteiger partial charge is 0.163 e. The zero-order chi connectivity index (χ0) is 13.2. The van der Waals surface area contributed by atoms with Crippen LogP contribution in [0.3, 0.4) is 0 Å². The molecule has 0 aromatic heterocycles. The van der Waals surface area contributed by atoms with E-state index in [2.05, 4.69) is 43.6 Å². The molecule has 0 saturated carbocycles. The Labute approximate surface area is 112 Å². The first kappa shape index (κ1) is 14.2. The summed E-state index contributed by atoms with van der Waals surface area (Å²) in [7, 11) is 0. The number of hydrogen-bond acceptors (Lipinski definition) is 2. The van der Waals surface area contributed by atoms with E-state index in [9.17, 15) is 4.79 Å². The van der Waals surface area contributed by atoms with Crippen molar-refractivity contribution in [1.82, 2.24) is 0 Å². The number of carbonyl (C=O) groups excluding carboxylic acids is 1. The lowest BCUT2D eigenvalue weighted by Crippen LogP contribution is -2.20. The summed E-state index contributed by atoms with van der Waals surface area (Å²) in [4.78, 5) is 12.1. The van der Waals surface area contributed by atoms with Gasteiger partial charge in [0, 0.05) is 22.1 Å². The van der Waals surface area contributed by atoms with E-state index < -0.39 is 0 Å². The number of hydrogen-bond donors (Lipinski definition) is 1. The Morgan fingerprint density at radius 1 is 1.41 bits per heavy atom. The van der Waals surface area contributed by atoms with Gasteiger partial charge in [0.1, 0.15) is 0 Å². The molecule has 17 heavy (non-hydrogen) atoms. The Morgan fingerprint density at radius 2 is 2.00 bits per heavy atom. The van der Waals surface area contributed by atoms with Crippen LogP contribution in [0.5, 0.6) is 0 Å². The fourth-order valence-corrected chi connectivity index (χ4v) is 1.78. The van der Waals surface area contributed by atoms with Gasteiger partial charge in [0.25, 0.3) is 0 Å². The fourth-order valence-electron chi connectivity index (χ4n) is 1.40. The summed E-state index contributed by atoms with van der Waals surface area (Å²) < 4.78 is 0.784. The van der Waals surface area contributed by atoms with Crippen LogP contribution in [0.2, 0.25) is 0 Å². The van der Waals surface area contributed by atoms with E-state index in [1.807, 2.05) is 0 Å². The maximum atomic E-state index is 12.1. The second-order valence-corrected chi connectivity index (χ2v) is 6.49. The number of halogens is 1. The molecule has 1 aromatic carbocycles. The molecule has 0 heterocycles. The monoisotopic (exact) mass is 297 g/mol. The van der Waals surface area contributed by atoms with E-state index in [0.29, 0.717) is 18.0 Å². The van der Waals surface area contributed by atoms with Gasteiger partial charge < -0.3 is 5.73 Å². The average Bonchev–Trinajstić information content (AvgIpc) is 2.20. The lowest BCUT2D eigenvalue weighted by atomic mass is 9.78. The molecule has 0 spiro atoms. The zero-order valence-electron chi connectivity index (χ0n) is 10.9. The van der Waals surface area contributed by atoms with Gasteiger partial charge in [0.05, 0.1) is 0 Å². The number of nitrogen functional groups attached to an aromatic ring is 1. The second kappa shape index (κ2) is 5.21. The molecule has 0 radical (unpaired) electrons. The molecule has 2 nitrogen and oxygen atoms in total. The van der Waals surface area contributed by atoms with Crippen LogP contribution >= 0.6 is 15.9 Å². The Bertz CT molecular complexity index is 421. The Morgan fingerprint density at radius 3 is 2.47 bits per heavy atom. The summed E-state index contributed by atoms with van der Waals surface area (Å²) in [6, 6.07) is 5.35. The summed E-state index contributed by atoms with van der Waals surface area (Å²) in [5, 5.41) is 0. The van der Waals surface area contributed by atoms with Gasteiger partial charge >= 0.3 is 0 Å². The topological polar surface area (TPSA) is 43.1 Å². The van der Waals surface area contributed by atoms with E-state index in [4.69, 9.17) is 5.73 Å². The third kappa shape index (κ3) is 3.84. The van der Waals surface area contributed by atoms with Gasteiger partial charge in [-0.05, 0) is 45.5 Å². The van der Waals surface area contributed by atoms with Crippen molar-refractivity contribution >= 4 is 27.4 Å². The van der Waals surface area contributed by atoms with Crippen LogP contribution in [0.1, 0.15) is 44.5 Å². The average molecular weight is 298 g/mol. The van der Waals surface area contributed by atoms with Gasteiger partial charge in [0.2, 0.25) is 0 Å². The van der Waals surface area contributed by atoms with Crippen LogP contribution in [-0.2, 0) is 0 Å². The third-order valence-corrected chi connectivity index (χ3v) is 3.98. The van der Waals surface area contributed by atoms with Gasteiger partial charge in [-0.1, -0.05) is 27.7 Å². The predicted octanol–water partition coefficient (Wildman–Crippen LogP) is 4.29. The highest BCUT2D eigenvalue weighted by Crippen LogP contribution is 2.30. The summed E-state index contributed by atoms with van der Waals surface area (Å²) in [5.41, 5.74) is 7.24. The minimum atomic E-state index is 0.153. The second-order valence-electron chi connectivity index (χ2n) is 5.63. The lowest BCUT2D eigenvalue weighted by molar-refractivity contribution is 0.0927. The summed E-state index contributed by atoms with van der Waals surface area (Å²) in [5.74, 6) is 0.527. The molecular weight excluding hydrogens is 278 g/mol. The molecule has 0 aliphatic rings. The molecule has 0 aliphatic carbocycles. The normalized spacial score (nSPS) is 13.5. The minimum absolute atomic E-state index is 0.153. The van der Waals surface area contributed by atoms with Crippen molar-refractivity contribution in [1.29, 1.82) is 0 Å². The number of anilines is 1. The molecule has 1 atom stereocenters. The van der Waals surface area contributed by atoms with E-state index in [0.717, 1.165) is 10.0 Å². The standard InChI is InChI=1S/C14H20BrNO/c1-9(14(2,3)4)7-13(17)10-5-6-12(16)11(15)8-10/h5-6,8-9H,7,16H2,1-4H3. The van der Waals surface area contributed by atoms with E-state index in [1.54, 1.807) is 18.2 Å². The summed E-state index contributed by atoms with van der Waals surface area (Å²) in [6.07, 6.45) is 0.569. The maximum Gasteiger partial charge on any atom is 0.163 e.